The van der Waals surface area contributed by atoms with Crippen LogP contribution in [0.15, 0.2) is 0 Å². The average molecular weight is 87.8 g/mol. The quantitative estimate of drug-likeness (QED) is 0.381. The van der Waals surface area contributed by atoms with Crippen molar-refractivity contribution in [3.05, 3.63) is 5.53 Å². The Hall–Kier alpha value is -0.775. The van der Waals surface area contributed by atoms with Gasteiger partial charge in [-0.1, -0.05) is 0 Å². The first-order valence-electron chi connectivity index (χ1n) is 1.29. The first-order chi connectivity index (χ1) is 2.79. The molecule has 0 atom stereocenters. The minimum Gasteiger partial charge on any atom is -0.394 e. The largest absolute Gasteiger partial charge is 0.906 e. The lowest BCUT2D eigenvalue weighted by atomic mass is 10.3. The van der Waals surface area contributed by atoms with Gasteiger partial charge in [0.1, 0.15) is 0 Å². The molecule has 0 aromatic carbocycles. The van der Waals surface area contributed by atoms with Crippen LogP contribution in [0.3, 0.4) is 0 Å². The molecule has 0 saturated carbocycles. The summed E-state index contributed by atoms with van der Waals surface area (Å²) in [6, 6.07) is 0. The summed E-state index contributed by atoms with van der Waals surface area (Å²) in [4.78, 5) is 0. The zero-order valence-corrected chi connectivity index (χ0v) is 2.74. The normalized spacial score (nSPS) is 18.2. The third kappa shape index (κ3) is 0.306. The van der Waals surface area contributed by atoms with E-state index in [4.69, 9.17) is 10.6 Å². The molecular formula is HBN2O3. The topological polar surface area (TPSA) is 64.0 Å². The van der Waals surface area contributed by atoms with Gasteiger partial charge in [0.2, 0.25) is 0 Å². The fraction of sp³-hybridized carbons (Fsp3) is 0. The highest BCUT2D eigenvalue weighted by molar-refractivity contribution is 6.34. The van der Waals surface area contributed by atoms with Crippen molar-refractivity contribution in [1.82, 2.24) is 0 Å². The van der Waals surface area contributed by atoms with E-state index < -0.39 is 7.32 Å². The summed E-state index contributed by atoms with van der Waals surface area (Å²) >= 11 is 0. The van der Waals surface area contributed by atoms with E-state index in [1.165, 1.54) is 0 Å². The predicted octanol–water partition coefficient (Wildman–Crippen LogP) is -1.13. The molecule has 0 aromatic heterocycles. The van der Waals surface area contributed by atoms with Crippen LogP contribution in [0.5, 0.6) is 0 Å². The maximum absolute atomic E-state index is 7.97. The molecule has 1 aliphatic rings. The van der Waals surface area contributed by atoms with Gasteiger partial charge in [0.15, 0.2) is 0 Å². The molecule has 0 bridgehead atoms. The maximum atomic E-state index is 7.97. The minimum atomic E-state index is -1.28. The Morgan fingerprint density at radius 3 is 2.17 bits per heavy atom. The maximum Gasteiger partial charge on any atom is 0.906 e. The SMILES string of the molecule is [N-]=[N+]1OB(O)O1. The van der Waals surface area contributed by atoms with Crippen LogP contribution in [0, 0.1) is 0 Å². The lowest BCUT2D eigenvalue weighted by Gasteiger charge is -2.09. The van der Waals surface area contributed by atoms with E-state index in [-0.39, 0.29) is 5.02 Å². The van der Waals surface area contributed by atoms with E-state index >= 15 is 0 Å². The zero-order chi connectivity index (χ0) is 4.57. The molecule has 0 aromatic rings. The lowest BCUT2D eigenvalue weighted by molar-refractivity contribution is -0.993. The molecule has 6 heavy (non-hydrogen) atoms. The number of hydrogen-bond donors (Lipinski definition) is 1. The van der Waals surface area contributed by atoms with E-state index in [0.717, 1.165) is 0 Å². The van der Waals surface area contributed by atoms with Gasteiger partial charge in [-0.2, -0.15) is 0 Å². The Morgan fingerprint density at radius 2 is 2.17 bits per heavy atom. The second kappa shape index (κ2) is 0.842. The third-order valence-electron chi connectivity index (χ3n) is 0.361. The summed E-state index contributed by atoms with van der Waals surface area (Å²) < 4.78 is 7.72. The Kier molecular flexibility index (Phi) is 0.479. The Labute approximate surface area is 33.7 Å². The molecule has 6 heteroatoms. The molecule has 1 heterocycles. The molecule has 0 unspecified atom stereocenters. The highest BCUT2D eigenvalue weighted by Crippen LogP contribution is 1.97. The van der Waals surface area contributed by atoms with Gasteiger partial charge in [0.05, 0.1) is 5.02 Å². The summed E-state index contributed by atoms with van der Waals surface area (Å²) in [5.41, 5.74) is 7.85. The molecule has 1 aliphatic heterocycles. The monoisotopic (exact) mass is 88.0 g/mol. The summed E-state index contributed by atoms with van der Waals surface area (Å²) in [7, 11) is -1.28. The van der Waals surface area contributed by atoms with Crippen LogP contribution in [-0.2, 0) is 9.51 Å². The number of hydrogen-bond acceptors (Lipinski definition) is 3. The predicted molar refractivity (Wildman–Crippen MR) is 13.8 cm³/mol. The number of nitrogens with zero attached hydrogens (tertiary/aromatic N) is 2. The van der Waals surface area contributed by atoms with Crippen LogP contribution in [-0.4, -0.2) is 17.4 Å². The van der Waals surface area contributed by atoms with E-state index in [1.54, 1.807) is 0 Å². The Morgan fingerprint density at radius 1 is 1.67 bits per heavy atom. The zero-order valence-electron chi connectivity index (χ0n) is 2.74. The van der Waals surface area contributed by atoms with Crippen molar-refractivity contribution in [1.29, 1.82) is 0 Å². The molecule has 0 amide bonds. The number of rotatable bonds is 0. The van der Waals surface area contributed by atoms with Gasteiger partial charge in [-0.25, -0.2) is 9.51 Å². The highest BCUT2D eigenvalue weighted by Gasteiger charge is 2.43. The summed E-state index contributed by atoms with van der Waals surface area (Å²) in [5.74, 6) is 0. The van der Waals surface area contributed by atoms with Crippen molar-refractivity contribution < 1.29 is 19.6 Å². The van der Waals surface area contributed by atoms with Gasteiger partial charge in [-0.15, -0.1) is 0 Å². The molecule has 0 spiro atoms. The van der Waals surface area contributed by atoms with Crippen LogP contribution in [0.2, 0.25) is 0 Å². The second-order valence-electron chi connectivity index (χ2n) is 0.756. The van der Waals surface area contributed by atoms with Gasteiger partial charge in [0, 0.05) is 0 Å². The molecule has 1 rings (SSSR count). The van der Waals surface area contributed by atoms with E-state index in [1.807, 2.05) is 0 Å². The standard InChI is InChI=1S/BHN2O3/c2-3-5-1(4)6-3/h4H. The van der Waals surface area contributed by atoms with Crippen LogP contribution in [0.1, 0.15) is 0 Å². The van der Waals surface area contributed by atoms with Crippen molar-refractivity contribution in [3.63, 3.8) is 0 Å². The van der Waals surface area contributed by atoms with Gasteiger partial charge >= 0.3 is 7.32 Å². The van der Waals surface area contributed by atoms with Crippen molar-refractivity contribution in [2.24, 2.45) is 0 Å². The Balaban J connectivity index is 2.28. The van der Waals surface area contributed by atoms with Crippen LogP contribution < -0.4 is 0 Å². The van der Waals surface area contributed by atoms with Crippen molar-refractivity contribution in [2.75, 3.05) is 0 Å². The molecular weight excluding hydrogens is 86.8 g/mol. The van der Waals surface area contributed by atoms with Gasteiger partial charge in [-0.3, -0.25) is 0 Å². The lowest BCUT2D eigenvalue weighted by Crippen LogP contribution is -2.41. The molecule has 1 fully saturated rings. The summed E-state index contributed by atoms with van der Waals surface area (Å²) in [6.45, 7) is 0. The highest BCUT2D eigenvalue weighted by atomic mass is 17.1. The van der Waals surface area contributed by atoms with E-state index in [9.17, 15) is 0 Å². The van der Waals surface area contributed by atoms with E-state index in [2.05, 4.69) is 9.51 Å². The molecule has 0 aliphatic carbocycles. The first-order valence-corrected chi connectivity index (χ1v) is 1.29. The molecule has 1 saturated heterocycles. The van der Waals surface area contributed by atoms with Gasteiger partial charge < -0.3 is 10.6 Å². The molecule has 32 valence electrons. The molecule has 0 radical (unpaired) electrons. The van der Waals surface area contributed by atoms with Crippen molar-refractivity contribution in [3.8, 4) is 0 Å². The third-order valence-corrected chi connectivity index (χ3v) is 0.361. The fourth-order valence-corrected chi connectivity index (χ4v) is 0.162. The first kappa shape index (κ1) is 3.42. The van der Waals surface area contributed by atoms with E-state index in [0.29, 0.717) is 0 Å². The minimum absolute atomic E-state index is 0.0741. The van der Waals surface area contributed by atoms with Crippen LogP contribution in [0.25, 0.3) is 5.53 Å². The van der Waals surface area contributed by atoms with Crippen molar-refractivity contribution in [2.45, 2.75) is 0 Å². The van der Waals surface area contributed by atoms with Gasteiger partial charge in [0.25, 0.3) is 0 Å². The molecule has 5 nitrogen and oxygen atoms in total. The average Bonchev–Trinajstić information content (AvgIpc) is 1.33. The van der Waals surface area contributed by atoms with Crippen molar-refractivity contribution >= 4 is 7.32 Å². The van der Waals surface area contributed by atoms with Gasteiger partial charge in [-0.05, 0) is 0 Å². The van der Waals surface area contributed by atoms with Crippen LogP contribution in [0.4, 0.5) is 0 Å². The fourth-order valence-electron chi connectivity index (χ4n) is 0.162. The summed E-state index contributed by atoms with van der Waals surface area (Å²) in [5, 5.41) is 8.05. The van der Waals surface area contributed by atoms with Crippen LogP contribution >= 0.6 is 0 Å². The smallest absolute Gasteiger partial charge is 0.394 e. The molecule has 1 N–H and O–H groups in total. The second-order valence-corrected chi connectivity index (χ2v) is 0.756. The summed E-state index contributed by atoms with van der Waals surface area (Å²) in [6.07, 6.45) is 0. The Bertz CT molecular complexity index is 72.9.